The van der Waals surface area contributed by atoms with Crippen molar-refractivity contribution in [3.05, 3.63) is 0 Å². The number of nitrogens with two attached hydrogens (primary N) is 1. The van der Waals surface area contributed by atoms with E-state index in [0.717, 1.165) is 0 Å². The number of carbonyl (C=O) groups excluding carboxylic acids is 1. The third kappa shape index (κ3) is 2.18. The number of amides is 1. The van der Waals surface area contributed by atoms with Crippen molar-refractivity contribution < 1.29 is 19.4 Å². The number of carboxylic acids is 1. The number of carboxylic acid groups (broad SMARTS) is 1. The first-order valence-electron chi connectivity index (χ1n) is 6.57. The summed E-state index contributed by atoms with van der Waals surface area (Å²) in [6.07, 6.45) is 0.883. The zero-order valence-corrected chi connectivity index (χ0v) is 11.7. The third-order valence-corrected chi connectivity index (χ3v) is 4.29. The van der Waals surface area contributed by atoms with Crippen LogP contribution in [0.5, 0.6) is 0 Å². The molecule has 0 aromatic heterocycles. The van der Waals surface area contributed by atoms with Gasteiger partial charge in [-0.15, -0.1) is 0 Å². The van der Waals surface area contributed by atoms with Gasteiger partial charge in [0.25, 0.3) is 0 Å². The van der Waals surface area contributed by atoms with Gasteiger partial charge < -0.3 is 20.5 Å². The standard InChI is InChI=1S/C13H22N2O4/c1-11(2,3)19-10(18)15-5-4-12(8-15)6-13(12,7-14)9(16)17/h4-8,14H2,1-3H3,(H,16,17)/t12-,13+/m1/s1. The zero-order chi connectivity index (χ0) is 14.5. The summed E-state index contributed by atoms with van der Waals surface area (Å²) in [5.74, 6) is -0.846. The van der Waals surface area contributed by atoms with Gasteiger partial charge in [-0.05, 0) is 33.6 Å². The van der Waals surface area contributed by atoms with E-state index < -0.39 is 17.0 Å². The third-order valence-electron chi connectivity index (χ3n) is 4.29. The Morgan fingerprint density at radius 1 is 1.42 bits per heavy atom. The van der Waals surface area contributed by atoms with Crippen molar-refractivity contribution in [1.29, 1.82) is 0 Å². The van der Waals surface area contributed by atoms with Gasteiger partial charge in [0.15, 0.2) is 0 Å². The Bertz CT molecular complexity index is 417. The Kier molecular flexibility index (Phi) is 3.04. The van der Waals surface area contributed by atoms with Crippen LogP contribution in [0.3, 0.4) is 0 Å². The van der Waals surface area contributed by atoms with Gasteiger partial charge in [-0.2, -0.15) is 0 Å². The van der Waals surface area contributed by atoms with E-state index in [1.807, 2.05) is 20.8 Å². The van der Waals surface area contributed by atoms with Crippen molar-refractivity contribution in [3.8, 4) is 0 Å². The lowest BCUT2D eigenvalue weighted by molar-refractivity contribution is -0.144. The molecule has 0 aromatic rings. The number of aliphatic carboxylic acids is 1. The Labute approximate surface area is 112 Å². The second-order valence-corrected chi connectivity index (χ2v) is 6.70. The molecule has 0 aromatic carbocycles. The molecule has 0 unspecified atom stereocenters. The van der Waals surface area contributed by atoms with Crippen LogP contribution in [0, 0.1) is 10.8 Å². The van der Waals surface area contributed by atoms with E-state index in [1.165, 1.54) is 0 Å². The molecule has 1 saturated heterocycles. The molecule has 0 bridgehead atoms. The maximum Gasteiger partial charge on any atom is 0.410 e. The molecule has 2 fully saturated rings. The average molecular weight is 270 g/mol. The fraction of sp³-hybridized carbons (Fsp3) is 0.846. The van der Waals surface area contributed by atoms with Crippen molar-refractivity contribution in [2.45, 2.75) is 39.2 Å². The highest BCUT2D eigenvalue weighted by Crippen LogP contribution is 2.67. The molecule has 108 valence electrons. The molecule has 0 radical (unpaired) electrons. The Balaban J connectivity index is 2.02. The van der Waals surface area contributed by atoms with Gasteiger partial charge in [0.05, 0.1) is 5.41 Å². The van der Waals surface area contributed by atoms with Gasteiger partial charge in [0.2, 0.25) is 0 Å². The lowest BCUT2D eigenvalue weighted by atomic mass is 9.92. The van der Waals surface area contributed by atoms with Crippen LogP contribution < -0.4 is 5.73 Å². The summed E-state index contributed by atoms with van der Waals surface area (Å²) < 4.78 is 5.31. The van der Waals surface area contributed by atoms with E-state index >= 15 is 0 Å². The highest BCUT2D eigenvalue weighted by molar-refractivity contribution is 5.81. The summed E-state index contributed by atoms with van der Waals surface area (Å²) in [6, 6.07) is 0. The van der Waals surface area contributed by atoms with Crippen molar-refractivity contribution in [2.75, 3.05) is 19.6 Å². The molecule has 2 aliphatic rings. The molecule has 2 atom stereocenters. The molecule has 19 heavy (non-hydrogen) atoms. The Morgan fingerprint density at radius 3 is 2.47 bits per heavy atom. The van der Waals surface area contributed by atoms with Crippen LogP contribution in [0.4, 0.5) is 4.79 Å². The van der Waals surface area contributed by atoms with E-state index in [1.54, 1.807) is 4.90 Å². The van der Waals surface area contributed by atoms with Crippen molar-refractivity contribution in [3.63, 3.8) is 0 Å². The highest BCUT2D eigenvalue weighted by atomic mass is 16.6. The van der Waals surface area contributed by atoms with Gasteiger partial charge in [-0.1, -0.05) is 0 Å². The van der Waals surface area contributed by atoms with Crippen molar-refractivity contribution >= 4 is 12.1 Å². The van der Waals surface area contributed by atoms with Crippen molar-refractivity contribution in [2.24, 2.45) is 16.6 Å². The molecule has 6 nitrogen and oxygen atoms in total. The summed E-state index contributed by atoms with van der Waals surface area (Å²) in [5, 5.41) is 9.33. The first-order chi connectivity index (χ1) is 8.66. The van der Waals surface area contributed by atoms with E-state index in [-0.39, 0.29) is 18.1 Å². The summed E-state index contributed by atoms with van der Waals surface area (Å²) in [5.41, 5.74) is 3.91. The van der Waals surface area contributed by atoms with Crippen LogP contribution in [0.25, 0.3) is 0 Å². The quantitative estimate of drug-likeness (QED) is 0.782. The number of ether oxygens (including phenoxy) is 1. The number of rotatable bonds is 2. The van der Waals surface area contributed by atoms with Crippen LogP contribution >= 0.6 is 0 Å². The molecule has 6 heteroatoms. The van der Waals surface area contributed by atoms with Gasteiger partial charge in [-0.25, -0.2) is 4.79 Å². The highest BCUT2D eigenvalue weighted by Gasteiger charge is 2.73. The molecule has 1 heterocycles. The minimum Gasteiger partial charge on any atom is -0.481 e. The number of carbonyl (C=O) groups is 2. The van der Waals surface area contributed by atoms with E-state index in [2.05, 4.69) is 0 Å². The molecule has 1 saturated carbocycles. The molecule has 1 spiro atoms. The minimum absolute atomic E-state index is 0.129. The fourth-order valence-electron chi connectivity index (χ4n) is 3.10. The number of hydrogen-bond acceptors (Lipinski definition) is 4. The molecule has 1 aliphatic heterocycles. The Hall–Kier alpha value is -1.30. The van der Waals surface area contributed by atoms with Crippen LogP contribution in [0.15, 0.2) is 0 Å². The topological polar surface area (TPSA) is 92.9 Å². The molecule has 1 amide bonds. The smallest absolute Gasteiger partial charge is 0.410 e. The largest absolute Gasteiger partial charge is 0.481 e. The average Bonchev–Trinajstić information content (AvgIpc) is 2.68. The molecular weight excluding hydrogens is 248 g/mol. The summed E-state index contributed by atoms with van der Waals surface area (Å²) in [4.78, 5) is 24.9. The number of hydrogen-bond donors (Lipinski definition) is 2. The van der Waals surface area contributed by atoms with Gasteiger partial charge in [0.1, 0.15) is 5.60 Å². The van der Waals surface area contributed by atoms with Crippen LogP contribution in [0.1, 0.15) is 33.6 Å². The van der Waals surface area contributed by atoms with E-state index in [0.29, 0.717) is 25.9 Å². The zero-order valence-electron chi connectivity index (χ0n) is 11.7. The van der Waals surface area contributed by atoms with Crippen LogP contribution in [0.2, 0.25) is 0 Å². The van der Waals surface area contributed by atoms with E-state index in [4.69, 9.17) is 10.5 Å². The second kappa shape index (κ2) is 4.10. The summed E-state index contributed by atoms with van der Waals surface area (Å²) >= 11 is 0. The van der Waals surface area contributed by atoms with Gasteiger partial charge in [0, 0.05) is 25.0 Å². The van der Waals surface area contributed by atoms with Crippen molar-refractivity contribution in [1.82, 2.24) is 4.90 Å². The molecule has 2 rings (SSSR count). The minimum atomic E-state index is -0.846. The van der Waals surface area contributed by atoms with Crippen LogP contribution in [-0.4, -0.2) is 47.3 Å². The second-order valence-electron chi connectivity index (χ2n) is 6.70. The predicted octanol–water partition coefficient (Wildman–Crippen LogP) is 1.05. The predicted molar refractivity (Wildman–Crippen MR) is 68.6 cm³/mol. The maximum atomic E-state index is 12.0. The number of likely N-dealkylation sites (tertiary alicyclic amines) is 1. The van der Waals surface area contributed by atoms with Gasteiger partial charge in [-0.3, -0.25) is 4.79 Å². The maximum absolute atomic E-state index is 12.0. The normalized spacial score (nSPS) is 33.6. The van der Waals surface area contributed by atoms with Crippen LogP contribution in [-0.2, 0) is 9.53 Å². The molecule has 3 N–H and O–H groups in total. The van der Waals surface area contributed by atoms with E-state index in [9.17, 15) is 14.7 Å². The lowest BCUT2D eigenvalue weighted by Crippen LogP contribution is -2.37. The summed E-state index contributed by atoms with van der Waals surface area (Å²) in [7, 11) is 0. The number of nitrogens with zero attached hydrogens (tertiary/aromatic N) is 1. The Morgan fingerprint density at radius 2 is 2.05 bits per heavy atom. The SMILES string of the molecule is CC(C)(C)OC(=O)N1CC[C@]2(C1)C[C@]2(CN)C(=O)O. The first-order valence-corrected chi connectivity index (χ1v) is 6.57. The molecule has 1 aliphatic carbocycles. The first kappa shape index (κ1) is 14.1. The van der Waals surface area contributed by atoms with Gasteiger partial charge >= 0.3 is 12.1 Å². The lowest BCUT2D eigenvalue weighted by Gasteiger charge is -2.25. The summed E-state index contributed by atoms with van der Waals surface area (Å²) in [6.45, 7) is 6.56. The fourth-order valence-corrected chi connectivity index (χ4v) is 3.10. The molecular formula is C13H22N2O4. The monoisotopic (exact) mass is 270 g/mol.